The van der Waals surface area contributed by atoms with E-state index >= 15 is 0 Å². The number of anilines is 2. The largest absolute Gasteiger partial charge is 0.466 e. The highest BCUT2D eigenvalue weighted by molar-refractivity contribution is 7.80. The summed E-state index contributed by atoms with van der Waals surface area (Å²) in [6.07, 6.45) is 34.0. The number of non-ortho nitro benzene ring substituents is 2. The summed E-state index contributed by atoms with van der Waals surface area (Å²) < 4.78 is 5.84. The topological polar surface area (TPSA) is 161 Å². The molecule has 12 nitrogen and oxygen atoms in total. The van der Waals surface area contributed by atoms with Crippen LogP contribution in [0.2, 0.25) is 0 Å². The van der Waals surface area contributed by atoms with E-state index in [2.05, 4.69) is 49.0 Å². The summed E-state index contributed by atoms with van der Waals surface area (Å²) in [5.74, 6) is 2.13. The van der Waals surface area contributed by atoms with Gasteiger partial charge >= 0.3 is 5.97 Å². The first-order valence-electron chi connectivity index (χ1n) is 28.5. The van der Waals surface area contributed by atoms with Crippen LogP contribution in [-0.2, 0) is 9.53 Å². The third-order valence-corrected chi connectivity index (χ3v) is 18.8. The van der Waals surface area contributed by atoms with Gasteiger partial charge in [-0.1, -0.05) is 150 Å². The van der Waals surface area contributed by atoms with Gasteiger partial charge in [-0.2, -0.15) is 0 Å². The number of nitro benzene ring substituents is 2. The van der Waals surface area contributed by atoms with E-state index in [4.69, 9.17) is 29.2 Å². The standard InChI is InChI=1S/C58H90N6O6S2/c1-5-6-7-8-9-10-11-12-13-14-15-16-17-18-19-20-21-24-39-70-53(65)37-26-42(2)48-35-36-49-54-50(41-52(58(48,49)4)62-56(72)60-45-29-33-47(34-30-45)64(68)69)57(3)38-23-22-25-43(57)40-51(54)61-55(71)59-44-27-31-46(32-28-44)63(66)67/h27-34,42-43,48-52,54H,5-26,35-41H2,1-4H3,(H2,59,61,71)(H2,60,62,72)/t42-,43+,48-,49+,50+,51-,52+,54+,57+,58-/m1/s1. The fourth-order valence-corrected chi connectivity index (χ4v) is 15.0. The number of unbranched alkanes of at least 4 members (excludes halogenated alkanes) is 17. The van der Waals surface area contributed by atoms with Gasteiger partial charge in [-0.05, 0) is 146 Å². The Morgan fingerprint density at radius 1 is 0.681 bits per heavy atom. The van der Waals surface area contributed by atoms with E-state index in [9.17, 15) is 25.0 Å². The SMILES string of the molecule is CCCCCCCCCCCCCCCCCCCCOC(=O)CC[C@@H](C)[C@H]1CC[C@H]2[C@@H]3[C@H](NC(=S)Nc4ccc([N+](=O)[O-])cc4)C[C@@H]4CCCC[C@]4(C)[C@H]3C[C@H](NC(=S)Nc3ccc([N+](=O)[O-])cc3)[C@]12C. The van der Waals surface area contributed by atoms with Gasteiger partial charge in [0.1, 0.15) is 0 Å². The van der Waals surface area contributed by atoms with E-state index in [1.807, 2.05) is 0 Å². The second-order valence-corrected chi connectivity index (χ2v) is 23.8. The van der Waals surface area contributed by atoms with Crippen LogP contribution >= 0.6 is 24.4 Å². The van der Waals surface area contributed by atoms with Crippen molar-refractivity contribution in [1.82, 2.24) is 10.6 Å². The van der Waals surface area contributed by atoms with Crippen molar-refractivity contribution >= 4 is 63.4 Å². The zero-order chi connectivity index (χ0) is 51.5. The van der Waals surface area contributed by atoms with Gasteiger partial charge in [-0.3, -0.25) is 25.0 Å². The molecule has 6 rings (SSSR count). The summed E-state index contributed by atoms with van der Waals surface area (Å²) in [4.78, 5) is 35.2. The Kier molecular flexibility index (Phi) is 22.8. The summed E-state index contributed by atoms with van der Waals surface area (Å²) in [5.41, 5.74) is 1.46. The Balaban J connectivity index is 1.03. The number of ether oxygens (including phenoxy) is 1. The molecule has 2 aromatic carbocycles. The first kappa shape index (κ1) is 57.4. The lowest BCUT2D eigenvalue weighted by atomic mass is 9.42. The zero-order valence-electron chi connectivity index (χ0n) is 44.4. The first-order chi connectivity index (χ1) is 34.7. The quantitative estimate of drug-likeness (QED) is 0.0201. The van der Waals surface area contributed by atoms with Crippen LogP contribution in [0.25, 0.3) is 0 Å². The van der Waals surface area contributed by atoms with E-state index in [1.54, 1.807) is 24.3 Å². The molecule has 0 heterocycles. The highest BCUT2D eigenvalue weighted by Crippen LogP contribution is 2.68. The zero-order valence-corrected chi connectivity index (χ0v) is 46.0. The normalized spacial score (nSPS) is 26.8. The predicted octanol–water partition coefficient (Wildman–Crippen LogP) is 15.8. The average Bonchev–Trinajstić information content (AvgIpc) is 3.72. The van der Waals surface area contributed by atoms with Crippen LogP contribution in [0.4, 0.5) is 22.7 Å². The van der Waals surface area contributed by atoms with Gasteiger partial charge in [-0.25, -0.2) is 0 Å². The van der Waals surface area contributed by atoms with Gasteiger partial charge < -0.3 is 26.0 Å². The van der Waals surface area contributed by atoms with E-state index in [0.717, 1.165) is 44.9 Å². The number of esters is 1. The van der Waals surface area contributed by atoms with Crippen LogP contribution in [0.15, 0.2) is 48.5 Å². The fraction of sp³-hybridized carbons (Fsp3) is 0.741. The number of nitrogens with zero attached hydrogens (tertiary/aromatic N) is 2. The minimum absolute atomic E-state index is 0.0310. The summed E-state index contributed by atoms with van der Waals surface area (Å²) in [6.45, 7) is 10.1. The molecule has 0 unspecified atom stereocenters. The van der Waals surface area contributed by atoms with E-state index in [-0.39, 0.29) is 46.2 Å². The van der Waals surface area contributed by atoms with Crippen molar-refractivity contribution in [3.63, 3.8) is 0 Å². The molecule has 14 heteroatoms. The Hall–Kier alpha value is -3.91. The molecule has 400 valence electrons. The number of hydrogen-bond donors (Lipinski definition) is 4. The molecule has 4 aliphatic rings. The predicted molar refractivity (Wildman–Crippen MR) is 301 cm³/mol. The first-order valence-corrected chi connectivity index (χ1v) is 29.4. The molecule has 2 aromatic rings. The molecule has 4 fully saturated rings. The number of carbonyl (C=O) groups excluding carboxylic acids is 1. The second kappa shape index (κ2) is 28.7. The molecule has 0 saturated heterocycles. The molecular weight excluding hydrogens is 941 g/mol. The number of carbonyl (C=O) groups is 1. The summed E-state index contributed by atoms with van der Waals surface area (Å²) >= 11 is 12.1. The Morgan fingerprint density at radius 3 is 1.69 bits per heavy atom. The maximum absolute atomic E-state index is 13.3. The highest BCUT2D eigenvalue weighted by atomic mass is 32.1. The van der Waals surface area contributed by atoms with Crippen molar-refractivity contribution in [3.05, 3.63) is 68.8 Å². The van der Waals surface area contributed by atoms with E-state index < -0.39 is 9.85 Å². The van der Waals surface area contributed by atoms with Crippen molar-refractivity contribution in [3.8, 4) is 0 Å². The lowest BCUT2D eigenvalue weighted by Gasteiger charge is -2.65. The third-order valence-electron chi connectivity index (χ3n) is 18.4. The molecule has 0 bridgehead atoms. The van der Waals surface area contributed by atoms with Crippen molar-refractivity contribution in [2.45, 2.75) is 220 Å². The van der Waals surface area contributed by atoms with Crippen molar-refractivity contribution in [2.75, 3.05) is 17.2 Å². The number of rotatable bonds is 29. The van der Waals surface area contributed by atoms with Crippen LogP contribution in [0.1, 0.15) is 207 Å². The monoisotopic (exact) mass is 1030 g/mol. The smallest absolute Gasteiger partial charge is 0.305 e. The molecule has 0 aromatic heterocycles. The lowest BCUT2D eigenvalue weighted by molar-refractivity contribution is -0.385. The minimum Gasteiger partial charge on any atom is -0.466 e. The third kappa shape index (κ3) is 15.8. The molecule has 0 aliphatic heterocycles. The summed E-state index contributed by atoms with van der Waals surface area (Å²) in [5, 5.41) is 38.2. The maximum atomic E-state index is 13.3. The van der Waals surface area contributed by atoms with Crippen LogP contribution < -0.4 is 21.3 Å². The molecular formula is C58H90N6O6S2. The molecule has 4 saturated carbocycles. The number of fused-ring (bicyclic) bond motifs is 5. The maximum Gasteiger partial charge on any atom is 0.305 e. The Morgan fingerprint density at radius 2 is 1.18 bits per heavy atom. The molecule has 72 heavy (non-hydrogen) atoms. The molecule has 0 spiro atoms. The van der Waals surface area contributed by atoms with Gasteiger partial charge in [0.15, 0.2) is 10.2 Å². The highest BCUT2D eigenvalue weighted by Gasteiger charge is 2.66. The average molecular weight is 1030 g/mol. The molecule has 0 radical (unpaired) electrons. The van der Waals surface area contributed by atoms with Gasteiger partial charge in [0.05, 0.1) is 16.5 Å². The molecule has 10 atom stereocenters. The molecule has 4 N–H and O–H groups in total. The number of thiocarbonyl (C=S) groups is 2. The number of benzene rings is 2. The van der Waals surface area contributed by atoms with Crippen LogP contribution in [0.3, 0.4) is 0 Å². The van der Waals surface area contributed by atoms with Crippen LogP contribution in [0.5, 0.6) is 0 Å². The van der Waals surface area contributed by atoms with Gasteiger partial charge in [-0.15, -0.1) is 0 Å². The van der Waals surface area contributed by atoms with Crippen molar-refractivity contribution in [1.29, 1.82) is 0 Å². The molecule has 0 amide bonds. The van der Waals surface area contributed by atoms with Crippen LogP contribution in [-0.4, -0.2) is 44.7 Å². The summed E-state index contributed by atoms with van der Waals surface area (Å²) in [6, 6.07) is 13.0. The van der Waals surface area contributed by atoms with Crippen molar-refractivity contribution in [2.24, 2.45) is 46.3 Å². The Bertz CT molecular complexity index is 2040. The number of nitro groups is 2. The minimum atomic E-state index is -0.395. The summed E-state index contributed by atoms with van der Waals surface area (Å²) in [7, 11) is 0. The van der Waals surface area contributed by atoms with Gasteiger partial charge in [0.25, 0.3) is 11.4 Å². The van der Waals surface area contributed by atoms with Gasteiger partial charge in [0, 0.05) is 54.1 Å². The lowest BCUT2D eigenvalue weighted by Crippen LogP contribution is -2.67. The number of nitrogens with one attached hydrogen (secondary N) is 4. The number of hydrogen-bond acceptors (Lipinski definition) is 8. The molecule has 4 aliphatic carbocycles. The fourth-order valence-electron chi connectivity index (χ4n) is 14.4. The second-order valence-electron chi connectivity index (χ2n) is 23.0. The van der Waals surface area contributed by atoms with Crippen LogP contribution in [0, 0.1) is 66.6 Å². The van der Waals surface area contributed by atoms with E-state index in [0.29, 0.717) is 64.2 Å². The van der Waals surface area contributed by atoms with Gasteiger partial charge in [0.2, 0.25) is 0 Å². The van der Waals surface area contributed by atoms with E-state index in [1.165, 1.54) is 153 Å². The Labute approximate surface area is 443 Å². The van der Waals surface area contributed by atoms with Crippen molar-refractivity contribution < 1.29 is 19.4 Å².